The maximum Gasteiger partial charge on any atom is 0.214 e. The van der Waals surface area contributed by atoms with Gasteiger partial charge in [-0.15, -0.1) is 0 Å². The molecule has 1 aromatic rings. The van der Waals surface area contributed by atoms with Gasteiger partial charge in [0.25, 0.3) is 0 Å². The lowest BCUT2D eigenvalue weighted by atomic mass is 10.00. The summed E-state index contributed by atoms with van der Waals surface area (Å²) in [5.41, 5.74) is 6.79. The van der Waals surface area contributed by atoms with Gasteiger partial charge in [0.15, 0.2) is 0 Å². The second-order valence-corrected chi connectivity index (χ2v) is 3.66. The summed E-state index contributed by atoms with van der Waals surface area (Å²) in [6, 6.07) is 0. The lowest BCUT2D eigenvalue weighted by Gasteiger charge is -2.18. The molecule has 1 aliphatic carbocycles. The molecule has 0 saturated heterocycles. The number of nitrogens with two attached hydrogens (primary N) is 1. The van der Waals surface area contributed by atoms with Crippen LogP contribution in [0.2, 0.25) is 0 Å². The van der Waals surface area contributed by atoms with Crippen molar-refractivity contribution in [2.45, 2.75) is 38.1 Å². The topological polar surface area (TPSA) is 52.0 Å². The fourth-order valence-electron chi connectivity index (χ4n) is 1.80. The molecule has 1 aliphatic rings. The van der Waals surface area contributed by atoms with Crippen molar-refractivity contribution in [3.63, 3.8) is 0 Å². The number of rotatable bonds is 1. The normalized spacial score (nSPS) is 21.5. The summed E-state index contributed by atoms with van der Waals surface area (Å²) in [7, 11) is 0. The predicted octanol–water partition coefficient (Wildman–Crippen LogP) is 1.71. The summed E-state index contributed by atoms with van der Waals surface area (Å²) in [5, 5.41) is 0. The van der Waals surface area contributed by atoms with Crippen LogP contribution >= 0.6 is 0 Å². The van der Waals surface area contributed by atoms with Crippen LogP contribution in [0.5, 0.6) is 0 Å². The molecule has 3 nitrogen and oxygen atoms in total. The van der Waals surface area contributed by atoms with E-state index in [1.807, 2.05) is 6.92 Å². The molecule has 0 spiro atoms. The van der Waals surface area contributed by atoms with Crippen molar-refractivity contribution in [1.29, 1.82) is 0 Å². The first-order valence-electron chi connectivity index (χ1n) is 4.42. The first-order valence-corrected chi connectivity index (χ1v) is 4.42. The minimum atomic E-state index is -0.270. The molecule has 0 aliphatic heterocycles. The second kappa shape index (κ2) is 2.59. The minimum absolute atomic E-state index is 0.270. The number of nitrogens with zero attached hydrogens (tertiary/aromatic N) is 1. The molecule has 0 atom stereocenters. The number of aryl methyl sites for hydroxylation is 1. The van der Waals surface area contributed by atoms with Gasteiger partial charge in [-0.1, -0.05) is 12.8 Å². The Morgan fingerprint density at radius 2 is 2.17 bits per heavy atom. The van der Waals surface area contributed by atoms with Crippen molar-refractivity contribution in [3.05, 3.63) is 17.8 Å². The van der Waals surface area contributed by atoms with Crippen molar-refractivity contribution in [3.8, 4) is 0 Å². The fraction of sp³-hybridized carbons (Fsp3) is 0.667. The largest absolute Gasteiger partial charge is 0.447 e. The Morgan fingerprint density at radius 1 is 1.50 bits per heavy atom. The quantitative estimate of drug-likeness (QED) is 0.691. The number of hydrogen-bond acceptors (Lipinski definition) is 3. The Hall–Kier alpha value is -0.830. The molecule has 0 bridgehead atoms. The summed E-state index contributed by atoms with van der Waals surface area (Å²) in [5.74, 6) is 0.720. The van der Waals surface area contributed by atoms with Gasteiger partial charge in [0.05, 0.1) is 11.2 Å². The van der Waals surface area contributed by atoms with E-state index in [1.54, 1.807) is 6.26 Å². The molecular weight excluding hydrogens is 152 g/mol. The smallest absolute Gasteiger partial charge is 0.214 e. The van der Waals surface area contributed by atoms with Gasteiger partial charge in [-0.3, -0.25) is 0 Å². The summed E-state index contributed by atoms with van der Waals surface area (Å²) in [4.78, 5) is 4.27. The van der Waals surface area contributed by atoms with Gasteiger partial charge in [-0.25, -0.2) is 4.98 Å². The molecule has 0 unspecified atom stereocenters. The summed E-state index contributed by atoms with van der Waals surface area (Å²) < 4.78 is 5.32. The lowest BCUT2D eigenvalue weighted by Crippen LogP contribution is -2.33. The zero-order chi connectivity index (χ0) is 8.60. The van der Waals surface area contributed by atoms with E-state index in [-0.39, 0.29) is 5.54 Å². The summed E-state index contributed by atoms with van der Waals surface area (Å²) >= 11 is 0. The second-order valence-electron chi connectivity index (χ2n) is 3.66. The molecule has 0 amide bonds. The maximum absolute atomic E-state index is 6.14. The first kappa shape index (κ1) is 7.80. The highest BCUT2D eigenvalue weighted by Gasteiger charge is 2.35. The van der Waals surface area contributed by atoms with E-state index in [2.05, 4.69) is 4.98 Å². The van der Waals surface area contributed by atoms with E-state index in [0.29, 0.717) is 0 Å². The third kappa shape index (κ3) is 1.14. The third-order valence-electron chi connectivity index (χ3n) is 2.54. The van der Waals surface area contributed by atoms with Crippen LogP contribution in [-0.4, -0.2) is 4.98 Å². The van der Waals surface area contributed by atoms with Crippen molar-refractivity contribution in [2.75, 3.05) is 0 Å². The molecule has 2 rings (SSSR count). The number of oxazole rings is 1. The first-order chi connectivity index (χ1) is 5.71. The molecular formula is C9H14N2O. The van der Waals surface area contributed by atoms with Crippen molar-refractivity contribution >= 4 is 0 Å². The van der Waals surface area contributed by atoms with Crippen molar-refractivity contribution in [1.82, 2.24) is 4.98 Å². The molecule has 66 valence electrons. The summed E-state index contributed by atoms with van der Waals surface area (Å²) in [6.07, 6.45) is 6.07. The number of hydrogen-bond donors (Lipinski definition) is 1. The SMILES string of the molecule is Cc1coc(C2(N)CCCC2)n1. The van der Waals surface area contributed by atoms with Crippen molar-refractivity contribution in [2.24, 2.45) is 5.73 Å². The van der Waals surface area contributed by atoms with E-state index >= 15 is 0 Å². The molecule has 1 heterocycles. The van der Waals surface area contributed by atoms with Gasteiger partial charge < -0.3 is 10.2 Å². The van der Waals surface area contributed by atoms with Crippen LogP contribution in [0, 0.1) is 6.92 Å². The Labute approximate surface area is 72.0 Å². The van der Waals surface area contributed by atoms with Crippen LogP contribution in [0.25, 0.3) is 0 Å². The average Bonchev–Trinajstić information content (AvgIpc) is 2.59. The van der Waals surface area contributed by atoms with Crippen LogP contribution in [-0.2, 0) is 5.54 Å². The standard InChI is InChI=1S/C9H14N2O/c1-7-6-12-8(11-7)9(10)4-2-3-5-9/h6H,2-5,10H2,1H3. The monoisotopic (exact) mass is 166 g/mol. The molecule has 1 fully saturated rings. The molecule has 2 N–H and O–H groups in total. The van der Waals surface area contributed by atoms with E-state index in [1.165, 1.54) is 12.8 Å². The van der Waals surface area contributed by atoms with Crippen LogP contribution < -0.4 is 5.73 Å². The van der Waals surface area contributed by atoms with Gasteiger partial charge in [0, 0.05) is 0 Å². The zero-order valence-electron chi connectivity index (χ0n) is 7.34. The average molecular weight is 166 g/mol. The maximum atomic E-state index is 6.14. The molecule has 0 radical (unpaired) electrons. The zero-order valence-corrected chi connectivity index (χ0v) is 7.34. The molecule has 1 aromatic heterocycles. The van der Waals surface area contributed by atoms with E-state index in [9.17, 15) is 0 Å². The van der Waals surface area contributed by atoms with E-state index in [0.717, 1.165) is 24.4 Å². The molecule has 12 heavy (non-hydrogen) atoms. The Balaban J connectivity index is 2.28. The van der Waals surface area contributed by atoms with Crippen molar-refractivity contribution < 1.29 is 4.42 Å². The summed E-state index contributed by atoms with van der Waals surface area (Å²) in [6.45, 7) is 1.92. The molecule has 3 heteroatoms. The van der Waals surface area contributed by atoms with Gasteiger partial charge in [0.1, 0.15) is 6.26 Å². The van der Waals surface area contributed by atoms with Crippen LogP contribution in [0.1, 0.15) is 37.3 Å². The molecule has 0 aromatic carbocycles. The van der Waals surface area contributed by atoms with Gasteiger partial charge in [0.2, 0.25) is 5.89 Å². The Morgan fingerprint density at radius 3 is 2.67 bits per heavy atom. The van der Waals surface area contributed by atoms with E-state index < -0.39 is 0 Å². The van der Waals surface area contributed by atoms with E-state index in [4.69, 9.17) is 10.2 Å². The minimum Gasteiger partial charge on any atom is -0.447 e. The van der Waals surface area contributed by atoms with Crippen LogP contribution in [0.4, 0.5) is 0 Å². The Kier molecular flexibility index (Phi) is 1.68. The van der Waals surface area contributed by atoms with Gasteiger partial charge in [-0.05, 0) is 19.8 Å². The fourth-order valence-corrected chi connectivity index (χ4v) is 1.80. The van der Waals surface area contributed by atoms with Crippen LogP contribution in [0.3, 0.4) is 0 Å². The highest BCUT2D eigenvalue weighted by molar-refractivity contribution is 5.07. The lowest BCUT2D eigenvalue weighted by molar-refractivity contribution is 0.335. The third-order valence-corrected chi connectivity index (χ3v) is 2.54. The highest BCUT2D eigenvalue weighted by Crippen LogP contribution is 2.35. The van der Waals surface area contributed by atoms with Gasteiger partial charge in [-0.2, -0.15) is 0 Å². The predicted molar refractivity (Wildman–Crippen MR) is 45.6 cm³/mol. The highest BCUT2D eigenvalue weighted by atomic mass is 16.3. The Bertz CT molecular complexity index is 274. The molecule has 1 saturated carbocycles. The van der Waals surface area contributed by atoms with Gasteiger partial charge >= 0.3 is 0 Å². The number of aromatic nitrogens is 1. The van der Waals surface area contributed by atoms with Crippen LogP contribution in [0.15, 0.2) is 10.7 Å².